The molecule has 3 aromatic rings. The first-order chi connectivity index (χ1) is 11.3. The van der Waals surface area contributed by atoms with Crippen molar-refractivity contribution in [2.75, 3.05) is 5.32 Å². The lowest BCUT2D eigenvalue weighted by Crippen LogP contribution is -2.12. The van der Waals surface area contributed by atoms with Gasteiger partial charge >= 0.3 is 6.18 Å². The van der Waals surface area contributed by atoms with E-state index in [-0.39, 0.29) is 22.2 Å². The van der Waals surface area contributed by atoms with Gasteiger partial charge < -0.3 is 0 Å². The second-order valence-electron chi connectivity index (χ2n) is 4.39. The summed E-state index contributed by atoms with van der Waals surface area (Å²) in [5, 5.41) is 14.2. The summed E-state index contributed by atoms with van der Waals surface area (Å²) in [5.74, 6) is -1.23. The summed E-state index contributed by atoms with van der Waals surface area (Å²) in [4.78, 5) is 11.9. The number of hydrogen-bond acceptors (Lipinski definition) is 6. The van der Waals surface area contributed by atoms with Crippen LogP contribution in [0.1, 0.15) is 15.5 Å². The van der Waals surface area contributed by atoms with Gasteiger partial charge in [-0.3, -0.25) is 10.1 Å². The highest BCUT2D eigenvalue weighted by molar-refractivity contribution is 7.15. The molecule has 124 valence electrons. The molecule has 24 heavy (non-hydrogen) atoms. The average Bonchev–Trinajstić information content (AvgIpc) is 3.16. The summed E-state index contributed by atoms with van der Waals surface area (Å²) in [7, 11) is 0. The minimum Gasteiger partial charge on any atom is -0.295 e. The van der Waals surface area contributed by atoms with E-state index in [4.69, 9.17) is 0 Å². The summed E-state index contributed by atoms with van der Waals surface area (Å²) in [6, 6.07) is 5.26. The van der Waals surface area contributed by atoms with Crippen molar-refractivity contribution in [2.24, 2.45) is 0 Å². The van der Waals surface area contributed by atoms with E-state index in [2.05, 4.69) is 25.8 Å². The van der Waals surface area contributed by atoms with E-state index in [1.165, 1.54) is 35.1 Å². The maximum atomic E-state index is 12.9. The zero-order chi connectivity index (χ0) is 17.3. The Morgan fingerprint density at radius 2 is 1.83 bits per heavy atom. The van der Waals surface area contributed by atoms with E-state index < -0.39 is 22.9 Å². The van der Waals surface area contributed by atoms with Gasteiger partial charge in [-0.25, -0.2) is 9.07 Å². The van der Waals surface area contributed by atoms with Crippen molar-refractivity contribution in [3.05, 3.63) is 47.0 Å². The molecule has 0 aliphatic carbocycles. The zero-order valence-corrected chi connectivity index (χ0v) is 12.3. The van der Waals surface area contributed by atoms with E-state index >= 15 is 0 Å². The molecule has 7 nitrogen and oxygen atoms in total. The standard InChI is InChI=1S/C12H6F4N6OS/c13-6-1-3-7(4-2-6)22-5-8(18-21-22)9(23)17-11-20-19-10(24-11)12(14,15)16/h1-5H,(H,17,20,23). The molecule has 0 atom stereocenters. The summed E-state index contributed by atoms with van der Waals surface area (Å²) < 4.78 is 51.4. The topological polar surface area (TPSA) is 85.6 Å². The molecule has 0 aliphatic rings. The van der Waals surface area contributed by atoms with E-state index in [1.54, 1.807) is 0 Å². The summed E-state index contributed by atoms with van der Waals surface area (Å²) in [5.41, 5.74) is 0.307. The zero-order valence-electron chi connectivity index (χ0n) is 11.5. The van der Waals surface area contributed by atoms with Crippen LogP contribution in [0.4, 0.5) is 22.7 Å². The summed E-state index contributed by atoms with van der Waals surface area (Å²) in [6.07, 6.45) is -3.39. The Kier molecular flexibility index (Phi) is 3.97. The molecule has 0 bridgehead atoms. The van der Waals surface area contributed by atoms with Crippen LogP contribution in [0.25, 0.3) is 5.69 Å². The number of halogens is 4. The maximum Gasteiger partial charge on any atom is 0.445 e. The average molecular weight is 358 g/mol. The predicted molar refractivity (Wildman–Crippen MR) is 74.2 cm³/mol. The molecular formula is C12H6F4N6OS. The number of rotatable bonds is 3. The molecule has 0 aliphatic heterocycles. The molecule has 0 spiro atoms. The fourth-order valence-corrected chi connectivity index (χ4v) is 2.24. The van der Waals surface area contributed by atoms with Crippen LogP contribution in [0.2, 0.25) is 0 Å². The quantitative estimate of drug-likeness (QED) is 0.727. The van der Waals surface area contributed by atoms with Crippen molar-refractivity contribution >= 4 is 22.4 Å². The minimum atomic E-state index is -4.63. The third-order valence-electron chi connectivity index (χ3n) is 2.71. The Labute approximate surface area is 134 Å². The Bertz CT molecular complexity index is 872. The molecule has 2 heterocycles. The molecule has 0 fully saturated rings. The number of nitrogens with zero attached hydrogens (tertiary/aromatic N) is 5. The Morgan fingerprint density at radius 1 is 1.12 bits per heavy atom. The highest BCUT2D eigenvalue weighted by Gasteiger charge is 2.35. The molecule has 0 saturated heterocycles. The van der Waals surface area contributed by atoms with Crippen molar-refractivity contribution in [3.63, 3.8) is 0 Å². The van der Waals surface area contributed by atoms with E-state index in [0.29, 0.717) is 5.69 Å². The molecule has 0 unspecified atom stereocenters. The normalized spacial score (nSPS) is 11.5. The Balaban J connectivity index is 1.74. The number of carbonyl (C=O) groups is 1. The first kappa shape index (κ1) is 16.0. The van der Waals surface area contributed by atoms with E-state index in [9.17, 15) is 22.4 Å². The number of benzene rings is 1. The number of nitrogens with one attached hydrogen (secondary N) is 1. The van der Waals surface area contributed by atoms with E-state index in [1.807, 2.05) is 0 Å². The molecule has 1 aromatic carbocycles. The van der Waals surface area contributed by atoms with Gasteiger partial charge in [0.1, 0.15) is 5.82 Å². The number of alkyl halides is 3. The number of amides is 1. The van der Waals surface area contributed by atoms with Crippen LogP contribution in [-0.4, -0.2) is 31.1 Å². The molecule has 3 rings (SSSR count). The van der Waals surface area contributed by atoms with Gasteiger partial charge in [-0.2, -0.15) is 13.2 Å². The van der Waals surface area contributed by atoms with Crippen molar-refractivity contribution < 1.29 is 22.4 Å². The molecule has 1 N–H and O–H groups in total. The van der Waals surface area contributed by atoms with Gasteiger partial charge in [0.15, 0.2) is 5.69 Å². The van der Waals surface area contributed by atoms with Crippen molar-refractivity contribution in [3.8, 4) is 5.69 Å². The van der Waals surface area contributed by atoms with Crippen LogP contribution >= 0.6 is 11.3 Å². The van der Waals surface area contributed by atoms with Crippen LogP contribution in [0, 0.1) is 5.82 Å². The lowest BCUT2D eigenvalue weighted by molar-refractivity contribution is -0.138. The first-order valence-corrected chi connectivity index (χ1v) is 7.05. The Morgan fingerprint density at radius 3 is 2.46 bits per heavy atom. The molecule has 0 radical (unpaired) electrons. The summed E-state index contributed by atoms with van der Waals surface area (Å²) in [6.45, 7) is 0. The van der Waals surface area contributed by atoms with Gasteiger partial charge in [-0.15, -0.1) is 15.3 Å². The molecule has 0 saturated carbocycles. The second kappa shape index (κ2) is 5.96. The van der Waals surface area contributed by atoms with Crippen LogP contribution < -0.4 is 5.32 Å². The largest absolute Gasteiger partial charge is 0.445 e. The number of carbonyl (C=O) groups excluding carboxylic acids is 1. The third-order valence-corrected chi connectivity index (χ3v) is 3.59. The lowest BCUT2D eigenvalue weighted by atomic mass is 10.3. The lowest BCUT2D eigenvalue weighted by Gasteiger charge is -1.99. The first-order valence-electron chi connectivity index (χ1n) is 6.23. The van der Waals surface area contributed by atoms with Gasteiger partial charge in [0.05, 0.1) is 11.9 Å². The number of aromatic nitrogens is 5. The van der Waals surface area contributed by atoms with Crippen molar-refractivity contribution in [1.29, 1.82) is 0 Å². The van der Waals surface area contributed by atoms with Gasteiger partial charge in [-0.05, 0) is 24.3 Å². The Hall–Kier alpha value is -2.89. The third kappa shape index (κ3) is 3.37. The van der Waals surface area contributed by atoms with Crippen LogP contribution in [0.5, 0.6) is 0 Å². The fourth-order valence-electron chi connectivity index (χ4n) is 1.64. The monoisotopic (exact) mass is 358 g/mol. The number of hydrogen-bond donors (Lipinski definition) is 1. The summed E-state index contributed by atoms with van der Waals surface area (Å²) >= 11 is 0.192. The highest BCUT2D eigenvalue weighted by Crippen LogP contribution is 2.33. The number of anilines is 1. The smallest absolute Gasteiger partial charge is 0.295 e. The van der Waals surface area contributed by atoms with Crippen LogP contribution in [-0.2, 0) is 6.18 Å². The van der Waals surface area contributed by atoms with Gasteiger partial charge in [-0.1, -0.05) is 16.6 Å². The van der Waals surface area contributed by atoms with Crippen molar-refractivity contribution in [2.45, 2.75) is 6.18 Å². The highest BCUT2D eigenvalue weighted by atomic mass is 32.1. The minimum absolute atomic E-state index is 0.150. The van der Waals surface area contributed by atoms with Gasteiger partial charge in [0.2, 0.25) is 10.1 Å². The molecule has 1 amide bonds. The van der Waals surface area contributed by atoms with Crippen molar-refractivity contribution in [1.82, 2.24) is 25.2 Å². The molecular weight excluding hydrogens is 352 g/mol. The SMILES string of the molecule is O=C(Nc1nnc(C(F)(F)F)s1)c1cn(-c2ccc(F)cc2)nn1. The van der Waals surface area contributed by atoms with E-state index in [0.717, 1.165) is 0 Å². The van der Waals surface area contributed by atoms with Gasteiger partial charge in [0.25, 0.3) is 5.91 Å². The van der Waals surface area contributed by atoms with Gasteiger partial charge in [0, 0.05) is 0 Å². The molecule has 12 heteroatoms. The molecule has 2 aromatic heterocycles. The maximum absolute atomic E-state index is 12.9. The predicted octanol–water partition coefficient (Wildman–Crippen LogP) is 2.53. The second-order valence-corrected chi connectivity index (χ2v) is 5.37. The fraction of sp³-hybridized carbons (Fsp3) is 0.0833. The van der Waals surface area contributed by atoms with Crippen LogP contribution in [0.3, 0.4) is 0 Å². The van der Waals surface area contributed by atoms with Crippen LogP contribution in [0.15, 0.2) is 30.5 Å².